The van der Waals surface area contributed by atoms with Crippen LogP contribution in [0.2, 0.25) is 0 Å². The van der Waals surface area contributed by atoms with E-state index in [0.29, 0.717) is 39.3 Å². The summed E-state index contributed by atoms with van der Waals surface area (Å²) >= 11 is 0. The molecule has 0 unspecified atom stereocenters. The van der Waals surface area contributed by atoms with Crippen molar-refractivity contribution in [3.05, 3.63) is 42.5 Å². The monoisotopic (exact) mass is 494 g/mol. The predicted molar refractivity (Wildman–Crippen MR) is 127 cm³/mol. The van der Waals surface area contributed by atoms with Crippen molar-refractivity contribution in [2.45, 2.75) is 11.8 Å². The molecule has 2 heterocycles. The fourth-order valence-electron chi connectivity index (χ4n) is 4.29. The Bertz CT molecular complexity index is 1220. The zero-order valence-corrected chi connectivity index (χ0v) is 20.4. The van der Waals surface area contributed by atoms with Crippen LogP contribution in [0.25, 0.3) is 10.8 Å². The molecule has 1 amide bonds. The standard InChI is InChI=1S/C22H30N4O5S2/c1-2-32(28,29)25-13-9-23(10-14-25)18-22(27)24-11-15-26(16-12-24)33(30,31)21-8-7-19-5-3-4-6-20(19)17-21/h3-8,17H,2,9-16,18H2,1H3. The second kappa shape index (κ2) is 9.67. The van der Waals surface area contributed by atoms with Crippen LogP contribution in [0, 0.1) is 0 Å². The first kappa shape index (κ1) is 24.1. The van der Waals surface area contributed by atoms with Gasteiger partial charge in [-0.3, -0.25) is 9.69 Å². The molecule has 2 aromatic rings. The van der Waals surface area contributed by atoms with Gasteiger partial charge in [-0.2, -0.15) is 8.61 Å². The average molecular weight is 495 g/mol. The molecular formula is C22H30N4O5S2. The number of piperazine rings is 2. The number of fused-ring (bicyclic) bond motifs is 1. The van der Waals surface area contributed by atoms with E-state index in [1.165, 1.54) is 8.61 Å². The van der Waals surface area contributed by atoms with Gasteiger partial charge in [0.25, 0.3) is 0 Å². The van der Waals surface area contributed by atoms with Crippen LogP contribution >= 0.6 is 0 Å². The summed E-state index contributed by atoms with van der Waals surface area (Å²) in [5.41, 5.74) is 0. The number of hydrogen-bond acceptors (Lipinski definition) is 6. The number of carbonyl (C=O) groups is 1. The first-order valence-corrected chi connectivity index (χ1v) is 14.2. The van der Waals surface area contributed by atoms with Gasteiger partial charge in [-0.25, -0.2) is 16.8 Å². The van der Waals surface area contributed by atoms with Crippen molar-refractivity contribution >= 4 is 36.7 Å². The zero-order chi connectivity index (χ0) is 23.6. The second-order valence-electron chi connectivity index (χ2n) is 8.37. The molecule has 2 aromatic carbocycles. The van der Waals surface area contributed by atoms with Crippen molar-refractivity contribution in [2.24, 2.45) is 0 Å². The summed E-state index contributed by atoms with van der Waals surface area (Å²) < 4.78 is 53.1. The van der Waals surface area contributed by atoms with Crippen LogP contribution < -0.4 is 0 Å². The topological polar surface area (TPSA) is 98.3 Å². The lowest BCUT2D eigenvalue weighted by molar-refractivity contribution is -0.133. The number of rotatable bonds is 6. The van der Waals surface area contributed by atoms with Gasteiger partial charge in [0.2, 0.25) is 26.0 Å². The molecule has 0 N–H and O–H groups in total. The van der Waals surface area contributed by atoms with E-state index in [4.69, 9.17) is 0 Å². The molecule has 0 saturated carbocycles. The molecule has 0 aliphatic carbocycles. The van der Waals surface area contributed by atoms with E-state index < -0.39 is 20.0 Å². The number of hydrogen-bond donors (Lipinski definition) is 0. The van der Waals surface area contributed by atoms with Crippen LogP contribution in [0.1, 0.15) is 6.92 Å². The molecule has 0 bridgehead atoms. The number of nitrogens with zero attached hydrogens (tertiary/aromatic N) is 4. The first-order chi connectivity index (χ1) is 15.7. The fraction of sp³-hybridized carbons (Fsp3) is 0.500. The minimum atomic E-state index is -3.63. The van der Waals surface area contributed by atoms with Crippen molar-refractivity contribution < 1.29 is 21.6 Å². The molecule has 2 saturated heterocycles. The van der Waals surface area contributed by atoms with Gasteiger partial charge in [0, 0.05) is 52.4 Å². The maximum Gasteiger partial charge on any atom is 0.243 e. The Hall–Kier alpha value is -2.05. The quantitative estimate of drug-likeness (QED) is 0.585. The molecule has 2 aliphatic heterocycles. The Labute approximate surface area is 195 Å². The smallest absolute Gasteiger partial charge is 0.243 e. The number of amides is 1. The second-order valence-corrected chi connectivity index (χ2v) is 12.6. The summed E-state index contributed by atoms with van der Waals surface area (Å²) in [4.78, 5) is 16.7. The lowest BCUT2D eigenvalue weighted by Crippen LogP contribution is -2.55. The van der Waals surface area contributed by atoms with E-state index in [0.717, 1.165) is 10.8 Å². The van der Waals surface area contributed by atoms with E-state index >= 15 is 0 Å². The van der Waals surface area contributed by atoms with Gasteiger partial charge in [-0.05, 0) is 29.8 Å². The van der Waals surface area contributed by atoms with Gasteiger partial charge in [-0.15, -0.1) is 0 Å². The third kappa shape index (κ3) is 5.22. The molecule has 2 fully saturated rings. The van der Waals surface area contributed by atoms with Crippen molar-refractivity contribution in [1.29, 1.82) is 0 Å². The third-order valence-electron chi connectivity index (χ3n) is 6.40. The minimum absolute atomic E-state index is 0.0513. The molecule has 0 spiro atoms. The van der Waals surface area contributed by atoms with Gasteiger partial charge in [0.15, 0.2) is 0 Å². The van der Waals surface area contributed by atoms with Crippen molar-refractivity contribution in [1.82, 2.24) is 18.4 Å². The number of benzene rings is 2. The first-order valence-electron chi connectivity index (χ1n) is 11.2. The van der Waals surface area contributed by atoms with Crippen LogP contribution in [0.5, 0.6) is 0 Å². The molecule has 4 rings (SSSR count). The van der Waals surface area contributed by atoms with Crippen LogP contribution in [-0.4, -0.2) is 106 Å². The molecule has 33 heavy (non-hydrogen) atoms. The number of sulfonamides is 2. The van der Waals surface area contributed by atoms with E-state index in [9.17, 15) is 21.6 Å². The summed E-state index contributed by atoms with van der Waals surface area (Å²) in [5, 5.41) is 1.86. The van der Waals surface area contributed by atoms with Crippen molar-refractivity contribution in [2.75, 3.05) is 64.7 Å². The summed E-state index contributed by atoms with van der Waals surface area (Å²) in [5.74, 6) is 0.0303. The molecule has 0 radical (unpaired) electrons. The van der Waals surface area contributed by atoms with E-state index in [1.54, 1.807) is 24.0 Å². The van der Waals surface area contributed by atoms with Crippen LogP contribution in [0.4, 0.5) is 0 Å². The Morgan fingerprint density at radius 1 is 0.788 bits per heavy atom. The highest BCUT2D eigenvalue weighted by atomic mass is 32.2. The van der Waals surface area contributed by atoms with Crippen molar-refractivity contribution in [3.8, 4) is 0 Å². The highest BCUT2D eigenvalue weighted by molar-refractivity contribution is 7.89. The van der Waals surface area contributed by atoms with Crippen LogP contribution in [0.15, 0.2) is 47.4 Å². The SMILES string of the molecule is CCS(=O)(=O)N1CCN(CC(=O)N2CCN(S(=O)(=O)c3ccc4ccccc4c3)CC2)CC1. The molecular weight excluding hydrogens is 464 g/mol. The maximum atomic E-state index is 13.1. The predicted octanol–water partition coefficient (Wildman–Crippen LogP) is 0.640. The normalized spacial score (nSPS) is 19.7. The largest absolute Gasteiger partial charge is 0.339 e. The van der Waals surface area contributed by atoms with Crippen LogP contribution in [-0.2, 0) is 24.8 Å². The molecule has 180 valence electrons. The molecule has 0 aromatic heterocycles. The third-order valence-corrected chi connectivity index (χ3v) is 10.2. The summed E-state index contributed by atoms with van der Waals surface area (Å²) in [7, 11) is -6.83. The summed E-state index contributed by atoms with van der Waals surface area (Å²) in [6.07, 6.45) is 0. The average Bonchev–Trinajstić information content (AvgIpc) is 2.84. The fourth-order valence-corrected chi connectivity index (χ4v) is 6.84. The lowest BCUT2D eigenvalue weighted by atomic mass is 10.1. The van der Waals surface area contributed by atoms with E-state index in [-0.39, 0.29) is 36.2 Å². The Morgan fingerprint density at radius 2 is 1.39 bits per heavy atom. The maximum absolute atomic E-state index is 13.1. The Morgan fingerprint density at radius 3 is 2.03 bits per heavy atom. The van der Waals surface area contributed by atoms with Gasteiger partial charge < -0.3 is 4.90 Å². The van der Waals surface area contributed by atoms with Gasteiger partial charge in [0.1, 0.15) is 0 Å². The molecule has 11 heteroatoms. The van der Waals surface area contributed by atoms with E-state index in [2.05, 4.69) is 0 Å². The molecule has 0 atom stereocenters. The van der Waals surface area contributed by atoms with Gasteiger partial charge in [-0.1, -0.05) is 30.3 Å². The minimum Gasteiger partial charge on any atom is -0.339 e. The lowest BCUT2D eigenvalue weighted by Gasteiger charge is -2.37. The Balaban J connectivity index is 1.31. The highest BCUT2D eigenvalue weighted by Crippen LogP contribution is 2.23. The molecule has 2 aliphatic rings. The highest BCUT2D eigenvalue weighted by Gasteiger charge is 2.32. The zero-order valence-electron chi connectivity index (χ0n) is 18.8. The Kier molecular flexibility index (Phi) is 7.06. The van der Waals surface area contributed by atoms with Gasteiger partial charge in [0.05, 0.1) is 17.2 Å². The van der Waals surface area contributed by atoms with E-state index in [1.807, 2.05) is 35.2 Å². The van der Waals surface area contributed by atoms with Gasteiger partial charge >= 0.3 is 0 Å². The van der Waals surface area contributed by atoms with Crippen molar-refractivity contribution in [3.63, 3.8) is 0 Å². The summed E-state index contributed by atoms with van der Waals surface area (Å²) in [6, 6.07) is 12.8. The number of carbonyl (C=O) groups excluding carboxylic acids is 1. The van der Waals surface area contributed by atoms with Crippen LogP contribution in [0.3, 0.4) is 0 Å². The summed E-state index contributed by atoms with van der Waals surface area (Å²) in [6.45, 7) is 4.85. The molecule has 9 nitrogen and oxygen atoms in total.